The monoisotopic (exact) mass is 181 g/mol. The summed E-state index contributed by atoms with van der Waals surface area (Å²) in [4.78, 5) is 0. The highest BCUT2D eigenvalue weighted by Gasteiger charge is 1.87. The van der Waals surface area contributed by atoms with Crippen molar-refractivity contribution in [2.24, 2.45) is 0 Å². The Bertz CT molecular complexity index is 198. The first kappa shape index (κ1) is 9.46. The molecule has 1 nitrogen and oxygen atoms in total. The predicted octanol–water partition coefficient (Wildman–Crippen LogP) is 2.85. The highest BCUT2D eigenvalue weighted by atomic mass is 32.2. The summed E-state index contributed by atoms with van der Waals surface area (Å²) >= 11 is 1.96. The van der Waals surface area contributed by atoms with E-state index < -0.39 is 0 Å². The molecular weight excluding hydrogens is 166 g/mol. The van der Waals surface area contributed by atoms with Gasteiger partial charge in [0.2, 0.25) is 0 Å². The number of hydrogen-bond acceptors (Lipinski definition) is 2. The van der Waals surface area contributed by atoms with Crippen molar-refractivity contribution >= 4 is 17.4 Å². The van der Waals surface area contributed by atoms with E-state index in [2.05, 4.69) is 36.5 Å². The normalized spacial score (nSPS) is 9.75. The van der Waals surface area contributed by atoms with Crippen LogP contribution in [0.3, 0.4) is 0 Å². The second kappa shape index (κ2) is 5.95. The standard InChI is InChI=1S/C10H15NS/c1-2-12-9-8-11-10-6-4-3-5-7-10/h3-7,11H,2,8-9H2,1H3. The van der Waals surface area contributed by atoms with E-state index >= 15 is 0 Å². The molecule has 2 heteroatoms. The lowest BCUT2D eigenvalue weighted by Gasteiger charge is -2.04. The summed E-state index contributed by atoms with van der Waals surface area (Å²) in [6.07, 6.45) is 0. The van der Waals surface area contributed by atoms with Crippen LogP contribution in [0.15, 0.2) is 30.3 Å². The Morgan fingerprint density at radius 1 is 1.25 bits per heavy atom. The van der Waals surface area contributed by atoms with Gasteiger partial charge in [-0.25, -0.2) is 0 Å². The van der Waals surface area contributed by atoms with Gasteiger partial charge in [0.05, 0.1) is 0 Å². The van der Waals surface area contributed by atoms with E-state index in [0.29, 0.717) is 0 Å². The van der Waals surface area contributed by atoms with Crippen LogP contribution in [0.4, 0.5) is 5.69 Å². The summed E-state index contributed by atoms with van der Waals surface area (Å²) in [5, 5.41) is 3.36. The van der Waals surface area contributed by atoms with Crippen molar-refractivity contribution in [3.63, 3.8) is 0 Å². The minimum absolute atomic E-state index is 1.06. The molecular formula is C10H15NS. The number of thioether (sulfide) groups is 1. The third-order valence-corrected chi connectivity index (χ3v) is 2.45. The Labute approximate surface area is 78.6 Å². The van der Waals surface area contributed by atoms with E-state index in [1.54, 1.807) is 0 Å². The molecule has 0 atom stereocenters. The van der Waals surface area contributed by atoms with Gasteiger partial charge in [-0.3, -0.25) is 0 Å². The van der Waals surface area contributed by atoms with Gasteiger partial charge in [-0.15, -0.1) is 0 Å². The van der Waals surface area contributed by atoms with Crippen LogP contribution < -0.4 is 5.32 Å². The fourth-order valence-corrected chi connectivity index (χ4v) is 1.50. The lowest BCUT2D eigenvalue weighted by Crippen LogP contribution is -2.03. The molecule has 0 radical (unpaired) electrons. The van der Waals surface area contributed by atoms with Gasteiger partial charge in [0, 0.05) is 18.0 Å². The van der Waals surface area contributed by atoms with Gasteiger partial charge in [-0.05, 0) is 17.9 Å². The van der Waals surface area contributed by atoms with Crippen molar-refractivity contribution in [1.29, 1.82) is 0 Å². The highest BCUT2D eigenvalue weighted by molar-refractivity contribution is 7.99. The van der Waals surface area contributed by atoms with Gasteiger partial charge in [0.25, 0.3) is 0 Å². The number of para-hydroxylation sites is 1. The molecule has 1 N–H and O–H groups in total. The highest BCUT2D eigenvalue weighted by Crippen LogP contribution is 2.05. The second-order valence-corrected chi connectivity index (χ2v) is 3.88. The molecule has 0 aromatic heterocycles. The van der Waals surface area contributed by atoms with Crippen LogP contribution in [0.2, 0.25) is 0 Å². The Morgan fingerprint density at radius 3 is 2.67 bits per heavy atom. The first-order valence-electron chi connectivity index (χ1n) is 4.30. The average molecular weight is 181 g/mol. The first-order valence-corrected chi connectivity index (χ1v) is 5.45. The summed E-state index contributed by atoms with van der Waals surface area (Å²) in [5.41, 5.74) is 1.22. The fourth-order valence-electron chi connectivity index (χ4n) is 0.968. The average Bonchev–Trinajstić information content (AvgIpc) is 2.14. The van der Waals surface area contributed by atoms with E-state index in [1.165, 1.54) is 17.2 Å². The third-order valence-electron chi connectivity index (χ3n) is 1.55. The minimum Gasteiger partial charge on any atom is -0.384 e. The Morgan fingerprint density at radius 2 is 2.00 bits per heavy atom. The molecule has 0 unspecified atom stereocenters. The van der Waals surface area contributed by atoms with Crippen molar-refractivity contribution in [2.75, 3.05) is 23.4 Å². The number of rotatable bonds is 5. The molecule has 12 heavy (non-hydrogen) atoms. The van der Waals surface area contributed by atoms with Crippen LogP contribution in [-0.4, -0.2) is 18.1 Å². The number of nitrogens with one attached hydrogen (secondary N) is 1. The molecule has 0 amide bonds. The van der Waals surface area contributed by atoms with Crippen LogP contribution in [0.5, 0.6) is 0 Å². The summed E-state index contributed by atoms with van der Waals surface area (Å²) in [6, 6.07) is 10.3. The van der Waals surface area contributed by atoms with E-state index in [-0.39, 0.29) is 0 Å². The van der Waals surface area contributed by atoms with Crippen molar-refractivity contribution < 1.29 is 0 Å². The Kier molecular flexibility index (Phi) is 4.69. The maximum absolute atomic E-state index is 3.36. The number of benzene rings is 1. The van der Waals surface area contributed by atoms with Gasteiger partial charge < -0.3 is 5.32 Å². The molecule has 0 aliphatic rings. The van der Waals surface area contributed by atoms with Crippen LogP contribution in [0.25, 0.3) is 0 Å². The summed E-state index contributed by atoms with van der Waals surface area (Å²) in [7, 11) is 0. The Balaban J connectivity index is 2.16. The van der Waals surface area contributed by atoms with E-state index in [4.69, 9.17) is 0 Å². The second-order valence-electron chi connectivity index (χ2n) is 2.49. The smallest absolute Gasteiger partial charge is 0.0340 e. The molecule has 0 bridgehead atoms. The summed E-state index contributed by atoms with van der Waals surface area (Å²) in [5.74, 6) is 2.39. The maximum atomic E-state index is 3.36. The van der Waals surface area contributed by atoms with Crippen molar-refractivity contribution in [1.82, 2.24) is 0 Å². The lowest BCUT2D eigenvalue weighted by atomic mass is 10.3. The molecule has 1 rings (SSSR count). The molecule has 1 aromatic carbocycles. The van der Waals surface area contributed by atoms with Crippen LogP contribution >= 0.6 is 11.8 Å². The predicted molar refractivity (Wildman–Crippen MR) is 57.9 cm³/mol. The minimum atomic E-state index is 1.06. The molecule has 0 heterocycles. The van der Waals surface area contributed by atoms with Crippen molar-refractivity contribution in [2.45, 2.75) is 6.92 Å². The topological polar surface area (TPSA) is 12.0 Å². The Hall–Kier alpha value is -0.630. The van der Waals surface area contributed by atoms with Gasteiger partial charge >= 0.3 is 0 Å². The van der Waals surface area contributed by atoms with Gasteiger partial charge in [0.1, 0.15) is 0 Å². The molecule has 0 aliphatic heterocycles. The summed E-state index contributed by atoms with van der Waals surface area (Å²) < 4.78 is 0. The van der Waals surface area contributed by atoms with Gasteiger partial charge in [-0.1, -0.05) is 25.1 Å². The molecule has 1 aromatic rings. The zero-order valence-corrected chi connectivity index (χ0v) is 8.23. The fraction of sp³-hybridized carbons (Fsp3) is 0.400. The lowest BCUT2D eigenvalue weighted by molar-refractivity contribution is 1.23. The van der Waals surface area contributed by atoms with E-state index in [0.717, 1.165) is 6.54 Å². The van der Waals surface area contributed by atoms with Gasteiger partial charge in [0.15, 0.2) is 0 Å². The van der Waals surface area contributed by atoms with Crippen LogP contribution in [0.1, 0.15) is 6.92 Å². The number of hydrogen-bond donors (Lipinski definition) is 1. The molecule has 0 saturated heterocycles. The molecule has 0 aliphatic carbocycles. The SMILES string of the molecule is CCSCCNc1ccccc1. The van der Waals surface area contributed by atoms with Crippen LogP contribution in [-0.2, 0) is 0 Å². The zero-order valence-electron chi connectivity index (χ0n) is 7.42. The number of anilines is 1. The molecule has 0 fully saturated rings. The third kappa shape index (κ3) is 3.67. The zero-order chi connectivity index (χ0) is 8.65. The van der Waals surface area contributed by atoms with Crippen molar-refractivity contribution in [3.8, 4) is 0 Å². The molecule has 0 saturated carbocycles. The first-order chi connectivity index (χ1) is 5.93. The largest absolute Gasteiger partial charge is 0.384 e. The van der Waals surface area contributed by atoms with E-state index in [1.807, 2.05) is 17.8 Å². The van der Waals surface area contributed by atoms with Gasteiger partial charge in [-0.2, -0.15) is 11.8 Å². The molecule has 0 spiro atoms. The maximum Gasteiger partial charge on any atom is 0.0340 e. The molecule has 66 valence electrons. The van der Waals surface area contributed by atoms with E-state index in [9.17, 15) is 0 Å². The van der Waals surface area contributed by atoms with Crippen molar-refractivity contribution in [3.05, 3.63) is 30.3 Å². The quantitative estimate of drug-likeness (QED) is 0.701. The van der Waals surface area contributed by atoms with Crippen LogP contribution in [0, 0.1) is 0 Å². The summed E-state index contributed by atoms with van der Waals surface area (Å²) in [6.45, 7) is 3.25.